The molecule has 416 valence electrons. The molecular formula is C57H71ClFN11O7S. The number of thiazole rings is 1. The van der Waals surface area contributed by atoms with E-state index in [2.05, 4.69) is 52.6 Å². The van der Waals surface area contributed by atoms with Crippen molar-refractivity contribution in [3.8, 4) is 16.2 Å². The Morgan fingerprint density at radius 3 is 2.38 bits per heavy atom. The number of amides is 5. The number of hydrogen-bond donors (Lipinski definition) is 5. The summed E-state index contributed by atoms with van der Waals surface area (Å²) in [6.07, 6.45) is 6.15. The molecule has 0 aliphatic carbocycles. The average Bonchev–Trinajstić information content (AvgIpc) is 4.06. The number of unbranched alkanes of at least 4 members (excludes halogenated alkanes) is 1. The maximum atomic E-state index is 14.1. The number of fused-ring (bicyclic) bond motifs is 1. The smallest absolute Gasteiger partial charge is 0.247 e. The molecule has 3 saturated heterocycles. The number of likely N-dealkylation sites (tertiary alicyclic amines) is 2. The van der Waals surface area contributed by atoms with E-state index >= 15 is 0 Å². The van der Waals surface area contributed by atoms with Gasteiger partial charge in [0.15, 0.2) is 0 Å². The molecule has 78 heavy (non-hydrogen) atoms. The number of rotatable bonds is 21. The van der Waals surface area contributed by atoms with Crippen LogP contribution in [0.4, 0.5) is 21.6 Å². The number of nitrogens with zero attached hydrogens (tertiary/aromatic N) is 7. The number of nitrogens with one attached hydrogen (secondary N) is 4. The maximum absolute atomic E-state index is 14.1. The minimum absolute atomic E-state index is 0.00773. The van der Waals surface area contributed by atoms with Crippen LogP contribution in [0.2, 0.25) is 5.02 Å². The van der Waals surface area contributed by atoms with E-state index in [0.717, 1.165) is 73.7 Å². The lowest BCUT2D eigenvalue weighted by Gasteiger charge is -2.42. The van der Waals surface area contributed by atoms with Crippen molar-refractivity contribution in [2.75, 3.05) is 69.6 Å². The Hall–Kier alpha value is -6.58. The molecule has 8 rings (SSSR count). The van der Waals surface area contributed by atoms with Crippen LogP contribution in [0.3, 0.4) is 0 Å². The highest BCUT2D eigenvalue weighted by atomic mass is 35.5. The fourth-order valence-electron chi connectivity index (χ4n) is 10.3. The van der Waals surface area contributed by atoms with Crippen LogP contribution in [0.15, 0.2) is 79.1 Å². The van der Waals surface area contributed by atoms with Crippen molar-refractivity contribution < 1.29 is 38.2 Å². The third-order valence-electron chi connectivity index (χ3n) is 14.7. The highest BCUT2D eigenvalue weighted by Crippen LogP contribution is 2.35. The SMILES string of the molecule is C=CC(=O)Nc1cc2c(Nc3ccc(F)c(Cl)c3)ncnc2cc1OCCCN1CCC(N2CCN(C(=O)CCCCC(=O)N[C@H](C(=O)N3C[C@H](O)C[C@H]3C(=O)NCc3ccc(-c4scnc4C)cc3)C(C)(C)C)CC2)CC1. The first kappa shape index (κ1) is 57.6. The molecule has 0 saturated carbocycles. The van der Waals surface area contributed by atoms with Crippen molar-refractivity contribution in [1.82, 2.24) is 45.2 Å². The van der Waals surface area contributed by atoms with Crippen LogP contribution in [0.5, 0.6) is 5.75 Å². The molecule has 21 heteroatoms. The Bertz CT molecular complexity index is 2940. The highest BCUT2D eigenvalue weighted by molar-refractivity contribution is 7.13. The Labute approximate surface area is 464 Å². The van der Waals surface area contributed by atoms with Gasteiger partial charge in [0.05, 0.1) is 45.0 Å². The summed E-state index contributed by atoms with van der Waals surface area (Å²) < 4.78 is 20.0. The summed E-state index contributed by atoms with van der Waals surface area (Å²) in [6.45, 7) is 17.5. The number of piperazine rings is 1. The van der Waals surface area contributed by atoms with Gasteiger partial charge in [-0.25, -0.2) is 19.3 Å². The number of ether oxygens (including phenoxy) is 1. The third-order valence-corrected chi connectivity index (χ3v) is 16.0. The Morgan fingerprint density at radius 1 is 0.949 bits per heavy atom. The molecule has 0 radical (unpaired) electrons. The molecule has 3 fully saturated rings. The molecule has 5 N–H and O–H groups in total. The molecule has 5 amide bonds. The van der Waals surface area contributed by atoms with Crippen molar-refractivity contribution in [2.45, 2.75) is 110 Å². The Kier molecular flexibility index (Phi) is 19.5. The standard InChI is InChI=1S/C57H71ClFN11O7S/c1-6-49(72)65-46-30-42-45(61-34-62-54(42)64-39-16-17-44(59)43(58)28-39)31-48(46)77-27-9-20-67-21-18-40(19-22-67)68-23-25-69(26-24-68)51(74)11-8-7-10-50(73)66-53(57(3,4)5)56(76)70-33-41(71)29-47(70)55(75)60-32-37-12-14-38(15-13-37)52-36(2)63-35-78-52/h6,12-17,28,30-31,34-35,40-41,47,53,71H,1,7-11,18-27,29,32-33H2,2-5H3,(H,60,75)(H,65,72)(H,66,73)(H,61,62,64)/t41-,47+,53-/m1/s1. The van der Waals surface area contributed by atoms with E-state index in [1.165, 1.54) is 29.4 Å². The van der Waals surface area contributed by atoms with Gasteiger partial charge in [0.25, 0.3) is 0 Å². The first-order valence-electron chi connectivity index (χ1n) is 26.8. The second-order valence-corrected chi connectivity index (χ2v) is 22.6. The summed E-state index contributed by atoms with van der Waals surface area (Å²) >= 11 is 7.57. The lowest BCUT2D eigenvalue weighted by molar-refractivity contribution is -0.144. The summed E-state index contributed by atoms with van der Waals surface area (Å²) in [6, 6.07) is 14.3. The highest BCUT2D eigenvalue weighted by Gasteiger charge is 2.44. The van der Waals surface area contributed by atoms with E-state index in [1.807, 2.05) is 62.4 Å². The van der Waals surface area contributed by atoms with Crippen LogP contribution >= 0.6 is 22.9 Å². The number of aryl methyl sites for hydroxylation is 1. The second kappa shape index (κ2) is 26.4. The summed E-state index contributed by atoms with van der Waals surface area (Å²) in [4.78, 5) is 89.2. The molecule has 3 atom stereocenters. The molecule has 3 aliphatic heterocycles. The minimum Gasteiger partial charge on any atom is -0.491 e. The average molecular weight is 1110 g/mol. The number of β-amino-alcohol motifs (C(OH)–C–C–N with tert-alkyl or cyclic N) is 1. The van der Waals surface area contributed by atoms with Gasteiger partial charge in [0.2, 0.25) is 29.5 Å². The van der Waals surface area contributed by atoms with Gasteiger partial charge in [0.1, 0.15) is 35.8 Å². The third kappa shape index (κ3) is 15.0. The van der Waals surface area contributed by atoms with Gasteiger partial charge in [-0.15, -0.1) is 11.3 Å². The lowest BCUT2D eigenvalue weighted by Crippen LogP contribution is -2.57. The monoisotopic (exact) mass is 1110 g/mol. The molecule has 2 aromatic heterocycles. The van der Waals surface area contributed by atoms with E-state index in [4.69, 9.17) is 16.3 Å². The predicted molar refractivity (Wildman–Crippen MR) is 301 cm³/mol. The van der Waals surface area contributed by atoms with Crippen molar-refractivity contribution >= 4 is 80.6 Å². The van der Waals surface area contributed by atoms with Crippen LogP contribution in [0.1, 0.15) is 83.4 Å². The van der Waals surface area contributed by atoms with Gasteiger partial charge in [-0.3, -0.25) is 28.9 Å². The zero-order valence-electron chi connectivity index (χ0n) is 44.9. The van der Waals surface area contributed by atoms with Crippen LogP contribution < -0.4 is 26.0 Å². The fraction of sp³-hybridized carbons (Fsp3) is 0.474. The van der Waals surface area contributed by atoms with Gasteiger partial charge < -0.3 is 45.8 Å². The van der Waals surface area contributed by atoms with E-state index < -0.39 is 41.2 Å². The summed E-state index contributed by atoms with van der Waals surface area (Å²) in [5, 5.41) is 23.1. The molecular weight excluding hydrogens is 1040 g/mol. The van der Waals surface area contributed by atoms with Crippen molar-refractivity contribution in [2.24, 2.45) is 5.41 Å². The first-order valence-corrected chi connectivity index (χ1v) is 28.1. The van der Waals surface area contributed by atoms with Crippen LogP contribution in [-0.4, -0.2) is 152 Å². The number of halogens is 2. The number of hydrogen-bond acceptors (Lipinski definition) is 14. The quantitative estimate of drug-likeness (QED) is 0.0357. The van der Waals surface area contributed by atoms with Gasteiger partial charge in [-0.2, -0.15) is 0 Å². The molecule has 0 unspecified atom stereocenters. The van der Waals surface area contributed by atoms with Gasteiger partial charge in [0, 0.05) is 88.3 Å². The van der Waals surface area contributed by atoms with Crippen LogP contribution in [0, 0.1) is 18.2 Å². The number of piperidine rings is 1. The second-order valence-electron chi connectivity index (χ2n) is 21.4. The zero-order valence-corrected chi connectivity index (χ0v) is 46.4. The minimum atomic E-state index is -0.927. The van der Waals surface area contributed by atoms with Gasteiger partial charge in [-0.1, -0.05) is 63.2 Å². The lowest BCUT2D eigenvalue weighted by atomic mass is 9.85. The number of aliphatic hydroxyl groups excluding tert-OH is 1. The van der Waals surface area contributed by atoms with Crippen molar-refractivity contribution in [3.05, 3.63) is 101 Å². The number of carbonyl (C=O) groups excluding carboxylic acids is 5. The molecule has 18 nitrogen and oxygen atoms in total. The van der Waals surface area contributed by atoms with Crippen molar-refractivity contribution in [1.29, 1.82) is 0 Å². The molecule has 3 aliphatic rings. The predicted octanol–water partition coefficient (Wildman–Crippen LogP) is 7.47. The van der Waals surface area contributed by atoms with Gasteiger partial charge in [-0.05, 0) is 99.0 Å². The maximum Gasteiger partial charge on any atom is 0.247 e. The van der Waals surface area contributed by atoms with Crippen LogP contribution in [0.25, 0.3) is 21.3 Å². The normalized spacial score (nSPS) is 17.9. The summed E-state index contributed by atoms with van der Waals surface area (Å²) in [5.41, 5.74) is 5.58. The number of benzene rings is 3. The van der Waals surface area contributed by atoms with E-state index in [9.17, 15) is 33.5 Å². The van der Waals surface area contributed by atoms with E-state index in [0.29, 0.717) is 78.8 Å². The number of aliphatic hydroxyl groups is 1. The van der Waals surface area contributed by atoms with Crippen molar-refractivity contribution in [3.63, 3.8) is 0 Å². The molecule has 0 bridgehead atoms. The Balaban J connectivity index is 0.721. The van der Waals surface area contributed by atoms with Crippen LogP contribution in [-0.2, 0) is 30.5 Å². The topological polar surface area (TPSA) is 215 Å². The van der Waals surface area contributed by atoms with E-state index in [1.54, 1.807) is 29.5 Å². The molecule has 5 heterocycles. The van der Waals surface area contributed by atoms with Gasteiger partial charge >= 0.3 is 0 Å². The number of carbonyl (C=O) groups is 5. The fourth-order valence-corrected chi connectivity index (χ4v) is 11.3. The molecule has 5 aromatic rings. The largest absolute Gasteiger partial charge is 0.491 e. The van der Waals surface area contributed by atoms with E-state index in [-0.39, 0.29) is 48.7 Å². The Morgan fingerprint density at radius 2 is 1.69 bits per heavy atom. The molecule has 3 aromatic carbocycles. The number of aromatic nitrogens is 3. The number of anilines is 3. The summed E-state index contributed by atoms with van der Waals surface area (Å²) in [7, 11) is 0. The summed E-state index contributed by atoms with van der Waals surface area (Å²) in [5.74, 6) is -1.03. The zero-order chi connectivity index (χ0) is 55.5. The first-order chi connectivity index (χ1) is 37.4. The molecule has 0 spiro atoms.